The number of carboxylic acid groups (broad SMARTS) is 1. The molecule has 0 amide bonds. The summed E-state index contributed by atoms with van der Waals surface area (Å²) in [4.78, 5) is 13.0. The topological polar surface area (TPSA) is 69.2 Å². The van der Waals surface area contributed by atoms with E-state index in [-0.39, 0.29) is 10.2 Å². The third-order valence-corrected chi connectivity index (χ3v) is 3.61. The highest BCUT2D eigenvalue weighted by Gasteiger charge is 2.15. The maximum absolute atomic E-state index is 10.9. The third-order valence-electron chi connectivity index (χ3n) is 2.36. The molecule has 1 saturated heterocycles. The molecule has 1 aromatic rings. The van der Waals surface area contributed by atoms with Gasteiger partial charge < -0.3 is 10.0 Å². The van der Waals surface area contributed by atoms with Crippen LogP contribution in [-0.4, -0.2) is 45.9 Å². The lowest BCUT2D eigenvalue weighted by Crippen LogP contribution is -2.33. The van der Waals surface area contributed by atoms with Gasteiger partial charge in [-0.05, 0) is 6.07 Å². The molecule has 0 atom stereocenters. The summed E-state index contributed by atoms with van der Waals surface area (Å²) in [6, 6.07) is 1.54. The Morgan fingerprint density at radius 2 is 2.25 bits per heavy atom. The molecule has 0 spiro atoms. The van der Waals surface area contributed by atoms with E-state index in [0.29, 0.717) is 5.82 Å². The van der Waals surface area contributed by atoms with E-state index < -0.39 is 5.97 Å². The predicted molar refractivity (Wildman–Crippen MR) is 65.9 cm³/mol. The fourth-order valence-corrected chi connectivity index (χ4v) is 2.60. The number of aromatic nitrogens is 2. The molecule has 2 rings (SSSR count). The van der Waals surface area contributed by atoms with Crippen LogP contribution in [-0.2, 0) is 0 Å². The van der Waals surface area contributed by atoms with Gasteiger partial charge in [0.25, 0.3) is 0 Å². The second-order valence-electron chi connectivity index (χ2n) is 3.37. The van der Waals surface area contributed by atoms with E-state index in [1.54, 1.807) is 0 Å². The first-order valence-electron chi connectivity index (χ1n) is 4.84. The summed E-state index contributed by atoms with van der Waals surface area (Å²) >= 11 is 6.76. The molecular formula is C9H11N3O2S2. The Balaban J connectivity index is 2.31. The zero-order valence-electron chi connectivity index (χ0n) is 8.47. The van der Waals surface area contributed by atoms with Gasteiger partial charge in [-0.1, -0.05) is 12.2 Å². The molecule has 0 aliphatic carbocycles. The van der Waals surface area contributed by atoms with E-state index in [1.165, 1.54) is 6.07 Å². The minimum atomic E-state index is -1.02. The molecule has 0 bridgehead atoms. The Kier molecular flexibility index (Phi) is 3.45. The Bertz CT molecular complexity index is 454. The van der Waals surface area contributed by atoms with E-state index in [4.69, 9.17) is 17.3 Å². The second kappa shape index (κ2) is 4.84. The lowest BCUT2D eigenvalue weighted by Gasteiger charge is -2.27. The molecule has 2 N–H and O–H groups in total. The van der Waals surface area contributed by atoms with Crippen molar-refractivity contribution in [1.82, 2.24) is 10.2 Å². The number of hydrogen-bond acceptors (Lipinski definition) is 5. The highest BCUT2D eigenvalue weighted by Crippen LogP contribution is 2.17. The van der Waals surface area contributed by atoms with Crippen LogP contribution in [0.2, 0.25) is 0 Å². The van der Waals surface area contributed by atoms with Crippen molar-refractivity contribution in [2.24, 2.45) is 0 Å². The highest BCUT2D eigenvalue weighted by molar-refractivity contribution is 7.99. The second-order valence-corrected chi connectivity index (χ2v) is 5.01. The number of H-pyrrole nitrogens is 1. The average Bonchev–Trinajstić information content (AvgIpc) is 2.30. The first-order chi connectivity index (χ1) is 7.68. The van der Waals surface area contributed by atoms with E-state index in [2.05, 4.69) is 15.1 Å². The number of anilines is 1. The average molecular weight is 257 g/mol. The predicted octanol–water partition coefficient (Wildman–Crippen LogP) is 1.39. The summed E-state index contributed by atoms with van der Waals surface area (Å²) in [6.45, 7) is 1.78. The van der Waals surface area contributed by atoms with Crippen LogP contribution >= 0.6 is 24.0 Å². The molecule has 86 valence electrons. The summed E-state index contributed by atoms with van der Waals surface area (Å²) in [5.41, 5.74) is 0.109. The summed E-state index contributed by atoms with van der Waals surface area (Å²) in [6.07, 6.45) is 0. The normalized spacial score (nSPS) is 16.1. The maximum atomic E-state index is 10.9. The van der Waals surface area contributed by atoms with Crippen LogP contribution in [0, 0.1) is 4.64 Å². The number of nitrogens with one attached hydrogen (secondary N) is 1. The first-order valence-corrected chi connectivity index (χ1v) is 6.40. The molecule has 0 aromatic carbocycles. The van der Waals surface area contributed by atoms with Crippen LogP contribution in [0.1, 0.15) is 10.4 Å². The molecule has 0 unspecified atom stereocenters. The van der Waals surface area contributed by atoms with Crippen molar-refractivity contribution in [3.05, 3.63) is 16.3 Å². The maximum Gasteiger partial charge on any atom is 0.338 e. The van der Waals surface area contributed by atoms with Crippen molar-refractivity contribution in [1.29, 1.82) is 0 Å². The quantitative estimate of drug-likeness (QED) is 0.780. The monoisotopic (exact) mass is 257 g/mol. The number of nitrogens with zero attached hydrogens (tertiary/aromatic N) is 2. The van der Waals surface area contributed by atoms with Gasteiger partial charge in [-0.15, -0.1) is 0 Å². The van der Waals surface area contributed by atoms with Crippen LogP contribution in [0.15, 0.2) is 6.07 Å². The molecule has 0 saturated carbocycles. The van der Waals surface area contributed by atoms with Crippen LogP contribution in [0.4, 0.5) is 5.82 Å². The fraction of sp³-hybridized carbons (Fsp3) is 0.444. The Morgan fingerprint density at radius 3 is 2.88 bits per heavy atom. The first kappa shape index (κ1) is 11.4. The van der Waals surface area contributed by atoms with Crippen molar-refractivity contribution < 1.29 is 9.90 Å². The number of thioether (sulfide) groups is 1. The molecule has 16 heavy (non-hydrogen) atoms. The number of carboxylic acids is 1. The number of aromatic amines is 1. The zero-order valence-corrected chi connectivity index (χ0v) is 10.1. The molecule has 1 aliphatic rings. The van der Waals surface area contributed by atoms with Crippen molar-refractivity contribution in [2.45, 2.75) is 0 Å². The Labute approximate surface area is 102 Å². The number of rotatable bonds is 2. The minimum Gasteiger partial charge on any atom is -0.478 e. The van der Waals surface area contributed by atoms with Gasteiger partial charge in [-0.2, -0.15) is 16.9 Å². The Morgan fingerprint density at radius 1 is 1.56 bits per heavy atom. The summed E-state index contributed by atoms with van der Waals surface area (Å²) in [5.74, 6) is 1.72. The van der Waals surface area contributed by atoms with Crippen molar-refractivity contribution in [3.8, 4) is 0 Å². The molecule has 1 fully saturated rings. The van der Waals surface area contributed by atoms with Gasteiger partial charge >= 0.3 is 5.97 Å². The van der Waals surface area contributed by atoms with Crippen molar-refractivity contribution in [3.63, 3.8) is 0 Å². The van der Waals surface area contributed by atoms with Gasteiger partial charge in [-0.25, -0.2) is 4.79 Å². The highest BCUT2D eigenvalue weighted by atomic mass is 32.2. The van der Waals surface area contributed by atoms with E-state index in [0.717, 1.165) is 24.6 Å². The van der Waals surface area contributed by atoms with Crippen LogP contribution in [0.5, 0.6) is 0 Å². The SMILES string of the molecule is O=C(O)c1cc(N2CCSCC2)n[nH]c1=S. The molecule has 7 heteroatoms. The molecule has 1 aliphatic heterocycles. The standard InChI is InChI=1S/C9H11N3O2S2/c13-9(14)6-5-7(10-11-8(6)15)12-1-3-16-4-2-12/h5H,1-4H2,(H,11,15)(H,13,14). The van der Waals surface area contributed by atoms with Crippen LogP contribution in [0.3, 0.4) is 0 Å². The lowest BCUT2D eigenvalue weighted by molar-refractivity contribution is 0.0695. The summed E-state index contributed by atoms with van der Waals surface area (Å²) in [5, 5.41) is 15.6. The fourth-order valence-electron chi connectivity index (χ4n) is 1.51. The largest absolute Gasteiger partial charge is 0.478 e. The van der Waals surface area contributed by atoms with E-state index >= 15 is 0 Å². The van der Waals surface area contributed by atoms with Gasteiger partial charge in [0, 0.05) is 24.6 Å². The van der Waals surface area contributed by atoms with Gasteiger partial charge in [0.05, 0.1) is 5.56 Å². The van der Waals surface area contributed by atoms with Crippen LogP contribution in [0.25, 0.3) is 0 Å². The molecular weight excluding hydrogens is 246 g/mol. The van der Waals surface area contributed by atoms with Crippen molar-refractivity contribution >= 4 is 35.8 Å². The molecule has 1 aromatic heterocycles. The number of hydrogen-bond donors (Lipinski definition) is 2. The van der Waals surface area contributed by atoms with Gasteiger partial charge in [-0.3, -0.25) is 5.10 Å². The van der Waals surface area contributed by atoms with Crippen LogP contribution < -0.4 is 4.90 Å². The minimum absolute atomic E-state index is 0.109. The van der Waals surface area contributed by atoms with Gasteiger partial charge in [0.15, 0.2) is 0 Å². The van der Waals surface area contributed by atoms with E-state index in [9.17, 15) is 4.79 Å². The third kappa shape index (κ3) is 2.35. The van der Waals surface area contributed by atoms with Crippen molar-refractivity contribution in [2.75, 3.05) is 29.5 Å². The summed E-state index contributed by atoms with van der Waals surface area (Å²) in [7, 11) is 0. The Hall–Kier alpha value is -1.08. The molecule has 5 nitrogen and oxygen atoms in total. The van der Waals surface area contributed by atoms with E-state index in [1.807, 2.05) is 11.8 Å². The zero-order chi connectivity index (χ0) is 11.5. The molecule has 0 radical (unpaired) electrons. The van der Waals surface area contributed by atoms with Gasteiger partial charge in [0.2, 0.25) is 0 Å². The summed E-state index contributed by atoms with van der Waals surface area (Å²) < 4.78 is 0.169. The molecule has 2 heterocycles. The number of carbonyl (C=O) groups is 1. The van der Waals surface area contributed by atoms with Gasteiger partial charge in [0.1, 0.15) is 10.5 Å². The smallest absolute Gasteiger partial charge is 0.338 e. The lowest BCUT2D eigenvalue weighted by atomic mass is 10.3. The number of aromatic carboxylic acids is 1.